The van der Waals surface area contributed by atoms with Gasteiger partial charge in [0.15, 0.2) is 12.4 Å². The van der Waals surface area contributed by atoms with Gasteiger partial charge < -0.3 is 0 Å². The lowest BCUT2D eigenvalue weighted by molar-refractivity contribution is -0.696. The van der Waals surface area contributed by atoms with Crippen LogP contribution in [-0.2, 0) is 27.3 Å². The number of benzene rings is 1. The molecule has 24 heavy (non-hydrogen) atoms. The molecule has 0 unspecified atom stereocenters. The number of non-ortho nitro benzene ring substituents is 1. The highest BCUT2D eigenvalue weighted by molar-refractivity contribution is 7.86. The van der Waals surface area contributed by atoms with E-state index in [1.807, 2.05) is 29.1 Å². The van der Waals surface area contributed by atoms with Crippen LogP contribution in [0.4, 0.5) is 5.69 Å². The second-order valence-corrected chi connectivity index (χ2v) is 7.18. The third-order valence-corrected chi connectivity index (χ3v) is 4.88. The van der Waals surface area contributed by atoms with E-state index in [1.54, 1.807) is 12.1 Å². The summed E-state index contributed by atoms with van der Waals surface area (Å²) in [6, 6.07) is 10.4. The van der Waals surface area contributed by atoms with E-state index in [0.29, 0.717) is 19.4 Å². The molecule has 0 aliphatic carbocycles. The molecule has 0 bridgehead atoms. The maximum atomic E-state index is 11.2. The van der Waals surface area contributed by atoms with E-state index in [1.165, 1.54) is 12.1 Å². The van der Waals surface area contributed by atoms with Crippen molar-refractivity contribution in [3.8, 4) is 0 Å². The Morgan fingerprint density at radius 2 is 1.67 bits per heavy atom. The molecule has 128 valence electrons. The molecule has 1 aromatic carbocycles. The Bertz CT molecular complexity index is 786. The zero-order chi connectivity index (χ0) is 17.6. The van der Waals surface area contributed by atoms with Crippen LogP contribution >= 0.6 is 0 Å². The number of hydrogen-bond acceptors (Lipinski definition) is 5. The van der Waals surface area contributed by atoms with E-state index < -0.39 is 15.0 Å². The molecule has 0 aliphatic heterocycles. The summed E-state index contributed by atoms with van der Waals surface area (Å²) < 4.78 is 28.8. The molecule has 0 saturated heterocycles. The molecule has 0 amide bonds. The average Bonchev–Trinajstić information content (AvgIpc) is 2.57. The second-order valence-electron chi connectivity index (χ2n) is 5.33. The number of pyridine rings is 1. The number of aryl methyl sites for hydroxylation is 1. The highest BCUT2D eigenvalue weighted by Crippen LogP contribution is 2.14. The van der Waals surface area contributed by atoms with Gasteiger partial charge >= 0.3 is 0 Å². The first kappa shape index (κ1) is 18.0. The topological polar surface area (TPSA) is 90.4 Å². The molecule has 0 atom stereocenters. The fourth-order valence-electron chi connectivity index (χ4n) is 2.23. The van der Waals surface area contributed by atoms with Crippen LogP contribution in [0.3, 0.4) is 0 Å². The molecular weight excluding hydrogens is 332 g/mol. The van der Waals surface area contributed by atoms with E-state index in [4.69, 9.17) is 0 Å². The summed E-state index contributed by atoms with van der Waals surface area (Å²) >= 11 is 0. The molecule has 8 heteroatoms. The summed E-state index contributed by atoms with van der Waals surface area (Å²) in [5, 5.41) is 10.6. The van der Waals surface area contributed by atoms with Gasteiger partial charge in [-0.25, -0.2) is 4.57 Å². The van der Waals surface area contributed by atoms with Gasteiger partial charge in [0.1, 0.15) is 6.54 Å². The molecule has 7 nitrogen and oxygen atoms in total. The molecular formula is C16H19N2O5S+. The van der Waals surface area contributed by atoms with Crippen molar-refractivity contribution in [3.05, 3.63) is 70.0 Å². The molecule has 1 heterocycles. The highest BCUT2D eigenvalue weighted by Gasteiger charge is 2.10. The van der Waals surface area contributed by atoms with Crippen molar-refractivity contribution in [2.24, 2.45) is 0 Å². The zero-order valence-electron chi connectivity index (χ0n) is 13.3. The van der Waals surface area contributed by atoms with E-state index in [9.17, 15) is 18.5 Å². The van der Waals surface area contributed by atoms with Crippen LogP contribution in [0.25, 0.3) is 0 Å². The van der Waals surface area contributed by atoms with Crippen LogP contribution in [0.5, 0.6) is 0 Å². The lowest BCUT2D eigenvalue weighted by Gasteiger charge is -2.02. The predicted molar refractivity (Wildman–Crippen MR) is 88.0 cm³/mol. The van der Waals surface area contributed by atoms with E-state index in [-0.39, 0.29) is 11.4 Å². The minimum atomic E-state index is -3.41. The van der Waals surface area contributed by atoms with Crippen molar-refractivity contribution in [1.29, 1.82) is 0 Å². The Morgan fingerprint density at radius 3 is 2.21 bits per heavy atom. The van der Waals surface area contributed by atoms with Crippen LogP contribution in [0.1, 0.15) is 17.5 Å². The van der Waals surface area contributed by atoms with Gasteiger partial charge in [0, 0.05) is 30.7 Å². The minimum Gasteiger partial charge on any atom is -0.273 e. The van der Waals surface area contributed by atoms with Crippen molar-refractivity contribution in [2.75, 3.05) is 12.9 Å². The molecule has 0 N–H and O–H groups in total. The van der Waals surface area contributed by atoms with Gasteiger partial charge in [0.25, 0.3) is 15.8 Å². The normalized spacial score (nSPS) is 11.4. The van der Waals surface area contributed by atoms with E-state index >= 15 is 0 Å². The third kappa shape index (κ3) is 5.39. The Morgan fingerprint density at radius 1 is 1.08 bits per heavy atom. The van der Waals surface area contributed by atoms with Gasteiger partial charge in [-0.15, -0.1) is 0 Å². The van der Waals surface area contributed by atoms with Gasteiger partial charge in [-0.3, -0.25) is 14.3 Å². The van der Waals surface area contributed by atoms with Gasteiger partial charge in [-0.2, -0.15) is 8.42 Å². The van der Waals surface area contributed by atoms with Crippen LogP contribution in [0.15, 0.2) is 48.8 Å². The van der Waals surface area contributed by atoms with Crippen molar-refractivity contribution < 1.29 is 22.1 Å². The van der Waals surface area contributed by atoms with Crippen LogP contribution < -0.4 is 4.57 Å². The van der Waals surface area contributed by atoms with Gasteiger partial charge in [0.05, 0.1) is 17.8 Å². The Balaban J connectivity index is 1.91. The third-order valence-electron chi connectivity index (χ3n) is 3.58. The fraction of sp³-hybridized carbons (Fsp3) is 0.312. The molecule has 1 aromatic heterocycles. The number of hydrogen-bond donors (Lipinski definition) is 0. The number of rotatable bonds is 8. The number of nitro groups is 1. The lowest BCUT2D eigenvalue weighted by Crippen LogP contribution is -2.33. The van der Waals surface area contributed by atoms with Crippen LogP contribution in [0, 0.1) is 10.1 Å². The van der Waals surface area contributed by atoms with Crippen LogP contribution in [0.2, 0.25) is 0 Å². The summed E-state index contributed by atoms with van der Waals surface area (Å²) in [5.74, 6) is -0.0129. The molecule has 0 spiro atoms. The van der Waals surface area contributed by atoms with Gasteiger partial charge in [-0.1, -0.05) is 12.1 Å². The molecule has 0 aliphatic rings. The van der Waals surface area contributed by atoms with Gasteiger partial charge in [-0.05, 0) is 17.5 Å². The molecule has 0 radical (unpaired) electrons. The minimum absolute atomic E-state index is 0.0129. The Kier molecular flexibility index (Phi) is 5.99. The van der Waals surface area contributed by atoms with Crippen LogP contribution in [-0.4, -0.2) is 26.2 Å². The number of aromatic nitrogens is 1. The highest BCUT2D eigenvalue weighted by atomic mass is 32.2. The van der Waals surface area contributed by atoms with E-state index in [2.05, 4.69) is 4.18 Å². The monoisotopic (exact) mass is 351 g/mol. The summed E-state index contributed by atoms with van der Waals surface area (Å²) in [4.78, 5) is 10.2. The van der Waals surface area contributed by atoms with Crippen molar-refractivity contribution in [1.82, 2.24) is 0 Å². The first-order chi connectivity index (χ1) is 11.4. The fourth-order valence-corrected chi connectivity index (χ4v) is 2.88. The van der Waals surface area contributed by atoms with Crippen molar-refractivity contribution in [2.45, 2.75) is 19.4 Å². The molecule has 2 aromatic rings. The molecule has 2 rings (SSSR count). The average molecular weight is 351 g/mol. The Hall–Kier alpha value is -2.32. The number of nitro benzene ring substituents is 1. The van der Waals surface area contributed by atoms with Crippen molar-refractivity contribution >= 4 is 15.8 Å². The SMILES string of the molecule is COS(=O)(=O)CCC[n+]1ccc(Cc2ccc([N+](=O)[O-])cc2)cc1. The Labute approximate surface area is 140 Å². The van der Waals surface area contributed by atoms with Crippen molar-refractivity contribution in [3.63, 3.8) is 0 Å². The summed E-state index contributed by atoms with van der Waals surface area (Å²) in [5.41, 5.74) is 2.14. The second kappa shape index (κ2) is 7.98. The first-order valence-corrected chi connectivity index (χ1v) is 8.97. The summed E-state index contributed by atoms with van der Waals surface area (Å²) in [6.45, 7) is 0.584. The standard InChI is InChI=1S/C16H19N2O5S/c1-23-24(21,22)12-2-9-17-10-7-15(8-11-17)13-14-3-5-16(6-4-14)18(19)20/h3-8,10-11H,2,9,12-13H2,1H3/q+1. The summed E-state index contributed by atoms with van der Waals surface area (Å²) in [6.07, 6.45) is 4.93. The van der Waals surface area contributed by atoms with Gasteiger partial charge in [0.2, 0.25) is 0 Å². The molecule has 0 fully saturated rings. The first-order valence-electron chi connectivity index (χ1n) is 7.39. The van der Waals surface area contributed by atoms with E-state index in [0.717, 1.165) is 18.2 Å². The number of nitrogens with zero attached hydrogens (tertiary/aromatic N) is 2. The smallest absolute Gasteiger partial charge is 0.269 e. The predicted octanol–water partition coefficient (Wildman–Crippen LogP) is 1.84. The molecule has 0 saturated carbocycles. The zero-order valence-corrected chi connectivity index (χ0v) is 14.1. The maximum Gasteiger partial charge on any atom is 0.269 e. The quantitative estimate of drug-likeness (QED) is 0.313. The largest absolute Gasteiger partial charge is 0.273 e. The summed E-state index contributed by atoms with van der Waals surface area (Å²) in [7, 11) is -2.25. The lowest BCUT2D eigenvalue weighted by atomic mass is 10.1. The maximum absolute atomic E-state index is 11.2.